The van der Waals surface area contributed by atoms with Gasteiger partial charge in [0, 0.05) is 29.0 Å². The molecule has 4 heteroatoms. The van der Waals surface area contributed by atoms with Crippen LogP contribution in [0.3, 0.4) is 0 Å². The fourth-order valence-electron chi connectivity index (χ4n) is 2.27. The van der Waals surface area contributed by atoms with Crippen LogP contribution in [0.2, 0.25) is 0 Å². The van der Waals surface area contributed by atoms with Crippen LogP contribution in [-0.4, -0.2) is 32.5 Å². The van der Waals surface area contributed by atoms with Gasteiger partial charge in [0.05, 0.1) is 0 Å². The van der Waals surface area contributed by atoms with Crippen molar-refractivity contribution >= 4 is 33.0 Å². The summed E-state index contributed by atoms with van der Waals surface area (Å²) in [6, 6.07) is 7.49. The van der Waals surface area contributed by atoms with Gasteiger partial charge in [0.2, 0.25) is 0 Å². The number of Topliss-reactive ketones (excluding diaryl/α,β-unsaturated/α-hetero) is 1. The molecule has 2 aromatic rings. The van der Waals surface area contributed by atoms with Crippen molar-refractivity contribution in [2.75, 3.05) is 5.47 Å². The molecular weight excluding hydrogens is 265 g/mol. The SMILES string of the molecule is CCCCCC(=O)c1ccc(O[CH2][Al])c2ncccc12. The van der Waals surface area contributed by atoms with Crippen molar-refractivity contribution in [2.24, 2.45) is 0 Å². The Morgan fingerprint density at radius 2 is 2.15 bits per heavy atom. The number of rotatable bonds is 7. The molecule has 0 fully saturated rings. The summed E-state index contributed by atoms with van der Waals surface area (Å²) in [5.74, 6) is 0.912. The van der Waals surface area contributed by atoms with Gasteiger partial charge in [-0.2, -0.15) is 0 Å². The first-order valence-electron chi connectivity index (χ1n) is 7.01. The van der Waals surface area contributed by atoms with E-state index in [4.69, 9.17) is 4.74 Å². The monoisotopic (exact) mass is 283 g/mol. The van der Waals surface area contributed by atoms with Gasteiger partial charge in [-0.05, 0) is 24.6 Å². The molecule has 0 unspecified atom stereocenters. The van der Waals surface area contributed by atoms with Crippen LogP contribution in [0, 0.1) is 0 Å². The van der Waals surface area contributed by atoms with Gasteiger partial charge >= 0.3 is 0 Å². The zero-order valence-corrected chi connectivity index (χ0v) is 12.9. The van der Waals surface area contributed by atoms with Crippen molar-refractivity contribution < 1.29 is 9.53 Å². The van der Waals surface area contributed by atoms with E-state index < -0.39 is 0 Å². The summed E-state index contributed by atoms with van der Waals surface area (Å²) < 4.78 is 5.54. The van der Waals surface area contributed by atoms with Crippen LogP contribution in [0.1, 0.15) is 43.0 Å². The number of benzene rings is 1. The number of unbranched alkanes of at least 4 members (excludes halogenated alkanes) is 2. The fraction of sp³-hybridized carbons (Fsp3) is 0.375. The minimum Gasteiger partial charge on any atom is -0.509 e. The number of fused-ring (bicyclic) bond motifs is 1. The second-order valence-electron chi connectivity index (χ2n) is 4.70. The highest BCUT2D eigenvalue weighted by Crippen LogP contribution is 2.27. The van der Waals surface area contributed by atoms with Crippen LogP contribution in [0.5, 0.6) is 5.75 Å². The van der Waals surface area contributed by atoms with E-state index in [2.05, 4.69) is 28.2 Å². The number of nitrogens with zero attached hydrogens (tertiary/aromatic N) is 1. The summed E-state index contributed by atoms with van der Waals surface area (Å²) >= 11 is 2.52. The van der Waals surface area contributed by atoms with Crippen LogP contribution in [0.4, 0.5) is 0 Å². The first-order valence-corrected chi connectivity index (χ1v) is 7.83. The Kier molecular flexibility index (Phi) is 5.58. The first kappa shape index (κ1) is 15.0. The highest BCUT2D eigenvalue weighted by molar-refractivity contribution is 6.09. The lowest BCUT2D eigenvalue weighted by atomic mass is 10.00. The molecule has 3 nitrogen and oxygen atoms in total. The number of pyridine rings is 1. The van der Waals surface area contributed by atoms with E-state index in [0.717, 1.165) is 41.5 Å². The Bertz CT molecular complexity index is 598. The van der Waals surface area contributed by atoms with Gasteiger partial charge in [0.15, 0.2) is 22.1 Å². The number of ketones is 1. The molecule has 1 aromatic heterocycles. The summed E-state index contributed by atoms with van der Waals surface area (Å²) in [7, 11) is 0. The van der Waals surface area contributed by atoms with Crippen LogP contribution in [0.25, 0.3) is 10.9 Å². The number of carbonyl (C=O) groups excluding carboxylic acids is 1. The van der Waals surface area contributed by atoms with Crippen LogP contribution < -0.4 is 4.74 Å². The number of ether oxygens (including phenoxy) is 1. The third kappa shape index (κ3) is 3.39. The Hall–Kier alpha value is -1.37. The fourth-order valence-corrected chi connectivity index (χ4v) is 2.45. The molecule has 20 heavy (non-hydrogen) atoms. The van der Waals surface area contributed by atoms with E-state index in [9.17, 15) is 4.79 Å². The zero-order chi connectivity index (χ0) is 14.4. The molecule has 0 saturated carbocycles. The van der Waals surface area contributed by atoms with E-state index in [0.29, 0.717) is 11.9 Å². The second-order valence-corrected chi connectivity index (χ2v) is 5.04. The highest BCUT2D eigenvalue weighted by Gasteiger charge is 2.13. The van der Waals surface area contributed by atoms with E-state index in [-0.39, 0.29) is 5.78 Å². The molecule has 102 valence electrons. The number of carbonyl (C=O) groups is 1. The highest BCUT2D eigenvalue weighted by atomic mass is 27.0. The van der Waals surface area contributed by atoms with Gasteiger partial charge in [-0.1, -0.05) is 25.8 Å². The topological polar surface area (TPSA) is 39.2 Å². The van der Waals surface area contributed by atoms with Gasteiger partial charge in [0.25, 0.3) is 0 Å². The maximum absolute atomic E-state index is 12.3. The Balaban J connectivity index is 2.35. The Morgan fingerprint density at radius 3 is 2.90 bits per heavy atom. The maximum Gasteiger partial charge on any atom is 0.186 e. The number of aromatic nitrogens is 1. The molecule has 2 rings (SSSR count). The molecule has 0 amide bonds. The summed E-state index contributed by atoms with van der Waals surface area (Å²) in [5, 5.41) is 0.880. The van der Waals surface area contributed by atoms with Gasteiger partial charge in [0.1, 0.15) is 11.3 Å². The lowest BCUT2D eigenvalue weighted by Crippen LogP contribution is -2.03. The van der Waals surface area contributed by atoms with Gasteiger partial charge < -0.3 is 4.74 Å². The van der Waals surface area contributed by atoms with Crippen LogP contribution in [0.15, 0.2) is 30.5 Å². The summed E-state index contributed by atoms with van der Waals surface area (Å²) in [6.45, 7) is 2.14. The second kappa shape index (κ2) is 7.42. The smallest absolute Gasteiger partial charge is 0.186 e. The standard InChI is InChI=1S/C16H18NO2.Al/c1-3-4-5-8-14(18)12-9-10-15(19-2)16-13(12)7-6-11-17-16;/h6-7,9-11H,2-5,8H2,1H3;. The molecule has 1 aromatic carbocycles. The molecule has 0 aliphatic rings. The van der Waals surface area contributed by atoms with E-state index in [1.807, 2.05) is 24.3 Å². The van der Waals surface area contributed by atoms with E-state index in [1.54, 1.807) is 6.20 Å². The molecule has 0 aliphatic carbocycles. The molecule has 0 atom stereocenters. The summed E-state index contributed by atoms with van der Waals surface area (Å²) in [5.41, 5.74) is 2.02. The lowest BCUT2D eigenvalue weighted by Gasteiger charge is -2.10. The average molecular weight is 283 g/mol. The summed E-state index contributed by atoms with van der Waals surface area (Å²) in [6.07, 6.45) is 5.48. The van der Waals surface area contributed by atoms with Crippen LogP contribution in [-0.2, 0) is 0 Å². The molecule has 0 bridgehead atoms. The first-order chi connectivity index (χ1) is 9.77. The molecule has 0 spiro atoms. The number of hydrogen-bond donors (Lipinski definition) is 0. The maximum atomic E-state index is 12.3. The quantitative estimate of drug-likeness (QED) is 0.443. The van der Waals surface area contributed by atoms with Crippen molar-refractivity contribution in [1.29, 1.82) is 0 Å². The molecule has 2 radical (unpaired) electrons. The largest absolute Gasteiger partial charge is 0.509 e. The van der Waals surface area contributed by atoms with Gasteiger partial charge in [-0.3, -0.25) is 9.78 Å². The predicted molar refractivity (Wildman–Crippen MR) is 81.5 cm³/mol. The molecule has 1 heterocycles. The zero-order valence-electron chi connectivity index (χ0n) is 11.8. The van der Waals surface area contributed by atoms with Crippen molar-refractivity contribution in [1.82, 2.24) is 4.98 Å². The van der Waals surface area contributed by atoms with E-state index in [1.165, 1.54) is 0 Å². The van der Waals surface area contributed by atoms with Crippen molar-refractivity contribution in [2.45, 2.75) is 32.6 Å². The van der Waals surface area contributed by atoms with Gasteiger partial charge in [-0.15, -0.1) is 0 Å². The van der Waals surface area contributed by atoms with Crippen LogP contribution >= 0.6 is 0 Å². The number of hydrogen-bond acceptors (Lipinski definition) is 3. The normalized spacial score (nSPS) is 10.7. The van der Waals surface area contributed by atoms with E-state index >= 15 is 0 Å². The lowest BCUT2D eigenvalue weighted by molar-refractivity contribution is 0.0981. The van der Waals surface area contributed by atoms with Gasteiger partial charge in [-0.25, -0.2) is 0 Å². The Morgan fingerprint density at radius 1 is 1.30 bits per heavy atom. The minimum absolute atomic E-state index is 0.189. The molecule has 0 saturated heterocycles. The molecular formula is C16H18AlNO2. The molecule has 0 aliphatic heterocycles. The average Bonchev–Trinajstić information content (AvgIpc) is 2.48. The molecule has 0 N–H and O–H groups in total. The minimum atomic E-state index is 0.189. The third-order valence-corrected chi connectivity index (χ3v) is 3.45. The Labute approximate surface area is 127 Å². The van der Waals surface area contributed by atoms with Crippen molar-refractivity contribution in [3.8, 4) is 5.75 Å². The van der Waals surface area contributed by atoms with Crippen molar-refractivity contribution in [3.05, 3.63) is 36.0 Å². The van der Waals surface area contributed by atoms with Crippen molar-refractivity contribution in [3.63, 3.8) is 0 Å². The summed E-state index contributed by atoms with van der Waals surface area (Å²) in [4.78, 5) is 16.7. The predicted octanol–water partition coefficient (Wildman–Crippen LogP) is 3.50. The third-order valence-electron chi connectivity index (χ3n) is 3.28.